The average molecular weight is 410 g/mol. The van der Waals surface area contributed by atoms with Crippen LogP contribution in [0.5, 0.6) is 0 Å². The number of carbonyl (C=O) groups is 1. The van der Waals surface area contributed by atoms with Gasteiger partial charge in [0.2, 0.25) is 11.9 Å². The molecule has 3 aromatic rings. The molecule has 0 unspecified atom stereocenters. The molecule has 4 rings (SSSR count). The maximum Gasteiger partial charge on any atom is 0.238 e. The fourth-order valence-electron chi connectivity index (χ4n) is 3.22. The van der Waals surface area contributed by atoms with Crippen molar-refractivity contribution in [2.75, 3.05) is 30.3 Å². The van der Waals surface area contributed by atoms with Gasteiger partial charge in [0.15, 0.2) is 0 Å². The molecule has 0 aliphatic carbocycles. The van der Waals surface area contributed by atoms with Crippen molar-refractivity contribution in [2.45, 2.75) is 18.9 Å². The molecule has 1 saturated heterocycles. The number of nitrogens with one attached hydrogen (secondary N) is 2. The van der Waals surface area contributed by atoms with Crippen molar-refractivity contribution in [3.8, 4) is 11.1 Å². The standard InChI is InChI=1S/C21H23N5O2S/c27-19-5-8-26(9-6-19)13-20(28)24-17-1-3-18(4-2-17)25-21-22-11-16(12-23-21)15-7-10-29-14-15/h1-4,7,10-12,14,19,27H,5-6,8-9,13H2,(H,24,28)(H,22,23,25). The molecular formula is C21H23N5O2S. The first kappa shape index (κ1) is 19.5. The fourth-order valence-corrected chi connectivity index (χ4v) is 3.88. The highest BCUT2D eigenvalue weighted by Gasteiger charge is 2.18. The first-order chi connectivity index (χ1) is 14.2. The van der Waals surface area contributed by atoms with Crippen LogP contribution in [0, 0.1) is 0 Å². The Hall–Kier alpha value is -2.81. The zero-order valence-electron chi connectivity index (χ0n) is 15.9. The molecular weight excluding hydrogens is 386 g/mol. The van der Waals surface area contributed by atoms with Crippen LogP contribution in [0.3, 0.4) is 0 Å². The van der Waals surface area contributed by atoms with Gasteiger partial charge in [-0.2, -0.15) is 11.3 Å². The first-order valence-electron chi connectivity index (χ1n) is 9.58. The Morgan fingerprint density at radius 2 is 1.76 bits per heavy atom. The summed E-state index contributed by atoms with van der Waals surface area (Å²) < 4.78 is 0. The van der Waals surface area contributed by atoms with E-state index in [9.17, 15) is 9.90 Å². The second-order valence-corrected chi connectivity index (χ2v) is 7.85. The highest BCUT2D eigenvalue weighted by atomic mass is 32.1. The molecule has 3 N–H and O–H groups in total. The summed E-state index contributed by atoms with van der Waals surface area (Å²) in [6.07, 6.45) is 4.82. The number of thiophene rings is 1. The molecule has 1 aromatic carbocycles. The van der Waals surface area contributed by atoms with E-state index in [0.29, 0.717) is 12.5 Å². The monoisotopic (exact) mass is 409 g/mol. The number of hydrogen-bond donors (Lipinski definition) is 3. The van der Waals surface area contributed by atoms with E-state index in [1.807, 2.05) is 35.7 Å². The number of aliphatic hydroxyl groups is 1. The molecule has 150 valence electrons. The van der Waals surface area contributed by atoms with Gasteiger partial charge < -0.3 is 15.7 Å². The predicted octanol–water partition coefficient (Wildman–Crippen LogP) is 3.34. The van der Waals surface area contributed by atoms with Gasteiger partial charge in [-0.1, -0.05) is 0 Å². The molecule has 8 heteroatoms. The van der Waals surface area contributed by atoms with E-state index in [4.69, 9.17) is 0 Å². The smallest absolute Gasteiger partial charge is 0.238 e. The van der Waals surface area contributed by atoms with Crippen molar-refractivity contribution in [1.29, 1.82) is 0 Å². The number of carbonyl (C=O) groups excluding carboxylic acids is 1. The number of likely N-dealkylation sites (tertiary alicyclic amines) is 1. The van der Waals surface area contributed by atoms with Crippen molar-refractivity contribution < 1.29 is 9.90 Å². The number of aliphatic hydroxyl groups excluding tert-OH is 1. The third kappa shape index (κ3) is 5.38. The Bertz CT molecular complexity index is 921. The maximum absolute atomic E-state index is 12.2. The Morgan fingerprint density at radius 1 is 1.07 bits per heavy atom. The van der Waals surface area contributed by atoms with E-state index in [1.165, 1.54) is 0 Å². The molecule has 0 radical (unpaired) electrons. The van der Waals surface area contributed by atoms with E-state index in [0.717, 1.165) is 48.4 Å². The van der Waals surface area contributed by atoms with Gasteiger partial charge in [-0.05, 0) is 59.5 Å². The molecule has 3 heterocycles. The summed E-state index contributed by atoms with van der Waals surface area (Å²) in [5.74, 6) is 0.475. The minimum atomic E-state index is -0.231. The van der Waals surface area contributed by atoms with E-state index in [1.54, 1.807) is 23.7 Å². The Labute approximate surface area is 173 Å². The molecule has 1 aliphatic rings. The van der Waals surface area contributed by atoms with Gasteiger partial charge in [-0.25, -0.2) is 9.97 Å². The Morgan fingerprint density at radius 3 is 2.41 bits per heavy atom. The van der Waals surface area contributed by atoms with Gasteiger partial charge in [0.25, 0.3) is 0 Å². The van der Waals surface area contributed by atoms with Crippen LogP contribution in [0.25, 0.3) is 11.1 Å². The van der Waals surface area contributed by atoms with Crippen LogP contribution in [0.2, 0.25) is 0 Å². The van der Waals surface area contributed by atoms with Crippen LogP contribution >= 0.6 is 11.3 Å². The van der Waals surface area contributed by atoms with Crippen molar-refractivity contribution in [3.63, 3.8) is 0 Å². The molecule has 2 aromatic heterocycles. The molecule has 0 bridgehead atoms. The van der Waals surface area contributed by atoms with E-state index >= 15 is 0 Å². The van der Waals surface area contributed by atoms with Crippen LogP contribution in [0.1, 0.15) is 12.8 Å². The van der Waals surface area contributed by atoms with Crippen LogP contribution in [0.15, 0.2) is 53.5 Å². The molecule has 1 fully saturated rings. The molecule has 1 aliphatic heterocycles. The maximum atomic E-state index is 12.2. The normalized spacial score (nSPS) is 15.2. The van der Waals surface area contributed by atoms with Crippen LogP contribution in [-0.2, 0) is 4.79 Å². The van der Waals surface area contributed by atoms with E-state index in [-0.39, 0.29) is 12.0 Å². The molecule has 0 atom stereocenters. The molecule has 0 saturated carbocycles. The topological polar surface area (TPSA) is 90.4 Å². The highest BCUT2D eigenvalue weighted by Crippen LogP contribution is 2.22. The summed E-state index contributed by atoms with van der Waals surface area (Å²) in [5, 5.41) is 19.7. The lowest BCUT2D eigenvalue weighted by atomic mass is 10.1. The minimum Gasteiger partial charge on any atom is -0.393 e. The quantitative estimate of drug-likeness (QED) is 0.579. The highest BCUT2D eigenvalue weighted by molar-refractivity contribution is 7.08. The number of benzene rings is 1. The lowest BCUT2D eigenvalue weighted by molar-refractivity contribution is -0.117. The molecule has 29 heavy (non-hydrogen) atoms. The van der Waals surface area contributed by atoms with Gasteiger partial charge in [-0.3, -0.25) is 9.69 Å². The van der Waals surface area contributed by atoms with Crippen molar-refractivity contribution in [3.05, 3.63) is 53.5 Å². The summed E-state index contributed by atoms with van der Waals surface area (Å²) in [6, 6.07) is 9.49. The molecule has 1 amide bonds. The van der Waals surface area contributed by atoms with E-state index < -0.39 is 0 Å². The third-order valence-corrected chi connectivity index (χ3v) is 5.54. The number of piperidine rings is 1. The van der Waals surface area contributed by atoms with Crippen LogP contribution in [0.4, 0.5) is 17.3 Å². The van der Waals surface area contributed by atoms with Crippen LogP contribution < -0.4 is 10.6 Å². The number of amides is 1. The average Bonchev–Trinajstić information content (AvgIpc) is 3.27. The zero-order valence-corrected chi connectivity index (χ0v) is 16.7. The van der Waals surface area contributed by atoms with Gasteiger partial charge in [-0.15, -0.1) is 0 Å². The first-order valence-corrected chi connectivity index (χ1v) is 10.5. The number of anilines is 3. The summed E-state index contributed by atoms with van der Waals surface area (Å²) in [6.45, 7) is 1.85. The summed E-state index contributed by atoms with van der Waals surface area (Å²) in [5.41, 5.74) is 3.68. The lowest BCUT2D eigenvalue weighted by Gasteiger charge is -2.28. The number of aromatic nitrogens is 2. The summed E-state index contributed by atoms with van der Waals surface area (Å²) in [7, 11) is 0. The van der Waals surface area contributed by atoms with Gasteiger partial charge in [0.1, 0.15) is 0 Å². The van der Waals surface area contributed by atoms with Gasteiger partial charge in [0.05, 0.1) is 12.6 Å². The van der Waals surface area contributed by atoms with Crippen molar-refractivity contribution in [1.82, 2.24) is 14.9 Å². The van der Waals surface area contributed by atoms with Crippen molar-refractivity contribution >= 4 is 34.6 Å². The third-order valence-electron chi connectivity index (χ3n) is 4.86. The number of nitrogens with zero attached hydrogens (tertiary/aromatic N) is 3. The lowest BCUT2D eigenvalue weighted by Crippen LogP contribution is -2.40. The molecule has 0 spiro atoms. The largest absolute Gasteiger partial charge is 0.393 e. The van der Waals surface area contributed by atoms with Gasteiger partial charge >= 0.3 is 0 Å². The Balaban J connectivity index is 1.29. The fraction of sp³-hybridized carbons (Fsp3) is 0.286. The Kier molecular flexibility index (Phi) is 6.14. The summed E-state index contributed by atoms with van der Waals surface area (Å²) >= 11 is 1.64. The zero-order chi connectivity index (χ0) is 20.1. The minimum absolute atomic E-state index is 0.0468. The second-order valence-electron chi connectivity index (χ2n) is 7.07. The van der Waals surface area contributed by atoms with Gasteiger partial charge in [0, 0.05) is 42.4 Å². The van der Waals surface area contributed by atoms with E-state index in [2.05, 4.69) is 30.9 Å². The predicted molar refractivity (Wildman–Crippen MR) is 115 cm³/mol. The number of hydrogen-bond acceptors (Lipinski definition) is 7. The SMILES string of the molecule is O=C(CN1CCC(O)CC1)Nc1ccc(Nc2ncc(-c3ccsc3)cn2)cc1. The second kappa shape index (κ2) is 9.13. The summed E-state index contributed by atoms with van der Waals surface area (Å²) in [4.78, 5) is 23.0. The molecule has 7 nitrogen and oxygen atoms in total. The number of rotatable bonds is 6. The van der Waals surface area contributed by atoms with Crippen LogP contribution in [-0.4, -0.2) is 51.6 Å². The van der Waals surface area contributed by atoms with Crippen molar-refractivity contribution in [2.24, 2.45) is 0 Å².